The summed E-state index contributed by atoms with van der Waals surface area (Å²) in [6, 6.07) is 3.28. The van der Waals surface area contributed by atoms with Crippen molar-refractivity contribution in [1.29, 1.82) is 0 Å². The van der Waals surface area contributed by atoms with Gasteiger partial charge in [-0.15, -0.1) is 11.6 Å². The molecule has 0 saturated carbocycles. The summed E-state index contributed by atoms with van der Waals surface area (Å²) in [6.45, 7) is 2.42. The Morgan fingerprint density at radius 2 is 2.33 bits per heavy atom. The molecule has 1 aliphatic heterocycles. The normalized spacial score (nSPS) is 19.3. The first kappa shape index (κ1) is 15.3. The van der Waals surface area contributed by atoms with Crippen molar-refractivity contribution in [1.82, 2.24) is 9.55 Å². The van der Waals surface area contributed by atoms with Crippen LogP contribution in [0.15, 0.2) is 16.6 Å². The Balaban J connectivity index is 2.00. The molecule has 1 saturated heterocycles. The monoisotopic (exact) mass is 374 g/mol. The quantitative estimate of drug-likeness (QED) is 0.751. The number of aryl methyl sites for hydroxylation is 1. The van der Waals surface area contributed by atoms with Gasteiger partial charge in [-0.2, -0.15) is 0 Å². The molecule has 0 amide bonds. The highest BCUT2D eigenvalue weighted by molar-refractivity contribution is 9.10. The molecule has 0 bridgehead atoms. The van der Waals surface area contributed by atoms with Crippen molar-refractivity contribution < 1.29 is 9.13 Å². The van der Waals surface area contributed by atoms with Crippen LogP contribution in [0, 0.1) is 11.7 Å². The van der Waals surface area contributed by atoms with E-state index in [9.17, 15) is 4.39 Å². The fraction of sp³-hybridized carbons (Fsp3) is 0.533. The number of aromatic nitrogens is 2. The molecule has 2 aromatic rings. The van der Waals surface area contributed by atoms with E-state index >= 15 is 0 Å². The minimum atomic E-state index is -0.263. The number of benzene rings is 1. The van der Waals surface area contributed by atoms with Crippen molar-refractivity contribution in [3.05, 3.63) is 28.2 Å². The minimum Gasteiger partial charge on any atom is -0.381 e. The van der Waals surface area contributed by atoms with Gasteiger partial charge in [-0.25, -0.2) is 9.37 Å². The van der Waals surface area contributed by atoms with E-state index in [4.69, 9.17) is 16.3 Å². The van der Waals surface area contributed by atoms with Gasteiger partial charge in [0.1, 0.15) is 11.6 Å². The second kappa shape index (κ2) is 6.63. The van der Waals surface area contributed by atoms with Crippen molar-refractivity contribution in [3.63, 3.8) is 0 Å². The second-order valence-electron chi connectivity index (χ2n) is 5.42. The largest absolute Gasteiger partial charge is 0.381 e. The number of nitrogens with zero attached hydrogens (tertiary/aromatic N) is 2. The molecule has 1 atom stereocenters. The van der Waals surface area contributed by atoms with E-state index < -0.39 is 0 Å². The number of fused-ring (bicyclic) bond motifs is 1. The van der Waals surface area contributed by atoms with Crippen LogP contribution in [-0.4, -0.2) is 28.6 Å². The number of ether oxygens (including phenoxy) is 1. The number of imidazole rings is 1. The van der Waals surface area contributed by atoms with Crippen molar-refractivity contribution in [3.8, 4) is 0 Å². The Hall–Kier alpha value is -0.650. The van der Waals surface area contributed by atoms with Gasteiger partial charge >= 0.3 is 0 Å². The molecule has 114 valence electrons. The number of hydrogen-bond donors (Lipinski definition) is 0. The molecular weight excluding hydrogens is 359 g/mol. The molecule has 0 spiro atoms. The van der Waals surface area contributed by atoms with E-state index in [1.165, 1.54) is 0 Å². The molecule has 1 unspecified atom stereocenters. The van der Waals surface area contributed by atoms with Gasteiger partial charge in [0.15, 0.2) is 0 Å². The van der Waals surface area contributed by atoms with Gasteiger partial charge in [0, 0.05) is 37.4 Å². The Morgan fingerprint density at radius 1 is 1.48 bits per heavy atom. The fourth-order valence-electron chi connectivity index (χ4n) is 2.86. The average molecular weight is 376 g/mol. The van der Waals surface area contributed by atoms with Crippen LogP contribution >= 0.6 is 27.5 Å². The van der Waals surface area contributed by atoms with E-state index in [-0.39, 0.29) is 5.82 Å². The molecular formula is C15H17BrClFN2O. The van der Waals surface area contributed by atoms with Crippen LogP contribution in [0.4, 0.5) is 4.39 Å². The minimum absolute atomic E-state index is 0.263. The smallest absolute Gasteiger partial charge is 0.139 e. The van der Waals surface area contributed by atoms with Crippen LogP contribution < -0.4 is 0 Å². The number of alkyl halides is 1. The third-order valence-corrected chi connectivity index (χ3v) is 4.68. The topological polar surface area (TPSA) is 27.1 Å². The van der Waals surface area contributed by atoms with Crippen LogP contribution in [0.25, 0.3) is 11.0 Å². The summed E-state index contributed by atoms with van der Waals surface area (Å²) in [6.07, 6.45) is 2.91. The van der Waals surface area contributed by atoms with Gasteiger partial charge in [0.25, 0.3) is 0 Å². The molecule has 21 heavy (non-hydrogen) atoms. The van der Waals surface area contributed by atoms with Crippen molar-refractivity contribution in [2.24, 2.45) is 5.92 Å². The SMILES string of the molecule is Fc1cc2c(cc1Br)nc(CCCl)n2CC1CCCOC1. The summed E-state index contributed by atoms with van der Waals surface area (Å²) < 4.78 is 22.0. The zero-order valence-electron chi connectivity index (χ0n) is 11.6. The average Bonchev–Trinajstić information content (AvgIpc) is 2.79. The maximum Gasteiger partial charge on any atom is 0.139 e. The summed E-state index contributed by atoms with van der Waals surface area (Å²) in [5, 5.41) is 0. The zero-order chi connectivity index (χ0) is 14.8. The lowest BCUT2D eigenvalue weighted by Crippen LogP contribution is -2.23. The van der Waals surface area contributed by atoms with Gasteiger partial charge in [0.05, 0.1) is 22.1 Å². The van der Waals surface area contributed by atoms with E-state index in [2.05, 4.69) is 25.5 Å². The third kappa shape index (κ3) is 3.25. The molecule has 1 fully saturated rings. The van der Waals surface area contributed by atoms with Gasteiger partial charge < -0.3 is 9.30 Å². The van der Waals surface area contributed by atoms with Crippen molar-refractivity contribution in [2.75, 3.05) is 19.1 Å². The number of rotatable bonds is 4. The summed E-state index contributed by atoms with van der Waals surface area (Å²) >= 11 is 9.10. The predicted molar refractivity (Wildman–Crippen MR) is 85.4 cm³/mol. The van der Waals surface area contributed by atoms with Gasteiger partial charge in [-0.3, -0.25) is 0 Å². The lowest BCUT2D eigenvalue weighted by Gasteiger charge is -2.23. The Kier molecular flexibility index (Phi) is 4.82. The predicted octanol–water partition coefficient (Wildman–Crippen LogP) is 4.15. The van der Waals surface area contributed by atoms with Gasteiger partial charge in [0.2, 0.25) is 0 Å². The van der Waals surface area contributed by atoms with Crippen LogP contribution in [0.2, 0.25) is 0 Å². The molecule has 1 aromatic carbocycles. The highest BCUT2D eigenvalue weighted by Crippen LogP contribution is 2.26. The summed E-state index contributed by atoms with van der Waals surface area (Å²) in [4.78, 5) is 4.61. The van der Waals surface area contributed by atoms with Gasteiger partial charge in [-0.05, 0) is 34.8 Å². The first-order valence-electron chi connectivity index (χ1n) is 7.17. The molecule has 0 aliphatic carbocycles. The molecule has 3 nitrogen and oxygen atoms in total. The van der Waals surface area contributed by atoms with Crippen LogP contribution in [0.1, 0.15) is 18.7 Å². The highest BCUT2D eigenvalue weighted by atomic mass is 79.9. The molecule has 6 heteroatoms. The third-order valence-electron chi connectivity index (χ3n) is 3.88. The zero-order valence-corrected chi connectivity index (χ0v) is 14.0. The van der Waals surface area contributed by atoms with E-state index in [1.807, 2.05) is 0 Å². The first-order chi connectivity index (χ1) is 10.2. The maximum atomic E-state index is 13.9. The Bertz CT molecular complexity index is 640. The van der Waals surface area contributed by atoms with E-state index in [0.29, 0.717) is 22.7 Å². The molecule has 0 N–H and O–H groups in total. The van der Waals surface area contributed by atoms with Crippen molar-refractivity contribution >= 4 is 38.6 Å². The fourth-order valence-corrected chi connectivity index (χ4v) is 3.36. The number of hydrogen-bond acceptors (Lipinski definition) is 2. The first-order valence-corrected chi connectivity index (χ1v) is 8.49. The summed E-state index contributed by atoms with van der Waals surface area (Å²) in [5.74, 6) is 1.62. The highest BCUT2D eigenvalue weighted by Gasteiger charge is 2.19. The molecule has 1 aromatic heterocycles. The summed E-state index contributed by atoms with van der Waals surface area (Å²) in [5.41, 5.74) is 1.64. The van der Waals surface area contributed by atoms with E-state index in [0.717, 1.165) is 49.5 Å². The molecule has 0 radical (unpaired) electrons. The molecule has 1 aliphatic rings. The lowest BCUT2D eigenvalue weighted by molar-refractivity contribution is 0.0485. The number of halogens is 3. The molecule has 3 rings (SSSR count). The second-order valence-corrected chi connectivity index (χ2v) is 6.65. The standard InChI is InChI=1S/C15H17BrClFN2O/c16-11-6-13-14(7-12(11)18)20(15(19-13)3-4-17)8-10-2-1-5-21-9-10/h6-7,10H,1-5,8-9H2. The van der Waals surface area contributed by atoms with Crippen molar-refractivity contribution in [2.45, 2.75) is 25.8 Å². The maximum absolute atomic E-state index is 13.9. The van der Waals surface area contributed by atoms with Crippen LogP contribution in [0.5, 0.6) is 0 Å². The lowest BCUT2D eigenvalue weighted by atomic mass is 10.0. The Morgan fingerprint density at radius 3 is 3.05 bits per heavy atom. The van der Waals surface area contributed by atoms with Crippen LogP contribution in [-0.2, 0) is 17.7 Å². The van der Waals surface area contributed by atoms with Gasteiger partial charge in [-0.1, -0.05) is 0 Å². The van der Waals surface area contributed by atoms with Crippen LogP contribution in [0.3, 0.4) is 0 Å². The molecule has 2 heterocycles. The van der Waals surface area contributed by atoms with E-state index in [1.54, 1.807) is 12.1 Å². The summed E-state index contributed by atoms with van der Waals surface area (Å²) in [7, 11) is 0. The Labute approximate surface area is 136 Å².